The molecular weight excluding hydrogens is 316 g/mol. The van der Waals surface area contributed by atoms with Gasteiger partial charge in [0.25, 0.3) is 0 Å². The Morgan fingerprint density at radius 1 is 0.846 bits per heavy atom. The second kappa shape index (κ2) is 7.61. The number of furan rings is 1. The minimum Gasteiger partial charge on any atom is -0.469 e. The van der Waals surface area contributed by atoms with Crippen LogP contribution >= 0.6 is 0 Å². The molecule has 1 aliphatic rings. The first-order valence-corrected chi connectivity index (χ1v) is 9.33. The van der Waals surface area contributed by atoms with Gasteiger partial charge in [-0.05, 0) is 48.6 Å². The van der Waals surface area contributed by atoms with Crippen LogP contribution < -0.4 is 0 Å². The summed E-state index contributed by atoms with van der Waals surface area (Å²) in [6.07, 6.45) is 9.49. The lowest BCUT2D eigenvalue weighted by atomic mass is 9.85. The van der Waals surface area contributed by atoms with E-state index in [-0.39, 0.29) is 0 Å². The summed E-state index contributed by atoms with van der Waals surface area (Å²) in [6, 6.07) is 23.6. The van der Waals surface area contributed by atoms with Crippen LogP contribution in [0.1, 0.15) is 28.9 Å². The molecule has 1 aromatic heterocycles. The minimum absolute atomic E-state index is 0.397. The van der Waals surface area contributed by atoms with Crippen LogP contribution in [0.25, 0.3) is 5.57 Å². The number of aryl methyl sites for hydroxylation is 2. The largest absolute Gasteiger partial charge is 0.469 e. The van der Waals surface area contributed by atoms with Gasteiger partial charge in [-0.1, -0.05) is 77.9 Å². The van der Waals surface area contributed by atoms with Gasteiger partial charge in [-0.2, -0.15) is 0 Å². The molecular formula is C25H24O. The van der Waals surface area contributed by atoms with Crippen LogP contribution in [0.3, 0.4) is 0 Å². The zero-order valence-electron chi connectivity index (χ0n) is 15.2. The van der Waals surface area contributed by atoms with E-state index < -0.39 is 0 Å². The van der Waals surface area contributed by atoms with Crippen molar-refractivity contribution in [1.82, 2.24) is 0 Å². The highest BCUT2D eigenvalue weighted by atomic mass is 16.3. The maximum atomic E-state index is 5.65. The summed E-state index contributed by atoms with van der Waals surface area (Å²) in [7, 11) is 0. The van der Waals surface area contributed by atoms with Gasteiger partial charge in [0.05, 0.1) is 6.26 Å². The SMILES string of the molecule is Cc1cccc(CCC2=CC=C(c3ccccc3)C2Cc2ccco2)c1. The molecule has 2 aromatic carbocycles. The van der Waals surface area contributed by atoms with Gasteiger partial charge in [-0.25, -0.2) is 0 Å². The molecule has 0 N–H and O–H groups in total. The van der Waals surface area contributed by atoms with E-state index in [1.165, 1.54) is 27.8 Å². The van der Waals surface area contributed by atoms with E-state index in [4.69, 9.17) is 4.42 Å². The molecule has 1 unspecified atom stereocenters. The smallest absolute Gasteiger partial charge is 0.104 e. The highest BCUT2D eigenvalue weighted by Gasteiger charge is 2.25. The zero-order valence-corrected chi connectivity index (χ0v) is 15.2. The van der Waals surface area contributed by atoms with Crippen LogP contribution in [-0.2, 0) is 12.8 Å². The zero-order chi connectivity index (χ0) is 17.8. The Morgan fingerprint density at radius 2 is 1.73 bits per heavy atom. The molecule has 26 heavy (non-hydrogen) atoms. The van der Waals surface area contributed by atoms with Crippen LogP contribution in [0.5, 0.6) is 0 Å². The third-order valence-electron chi connectivity index (χ3n) is 5.18. The number of rotatable bonds is 6. The number of hydrogen-bond acceptors (Lipinski definition) is 1. The van der Waals surface area contributed by atoms with Gasteiger partial charge < -0.3 is 4.42 Å². The molecule has 1 heterocycles. The van der Waals surface area contributed by atoms with Gasteiger partial charge >= 0.3 is 0 Å². The molecule has 0 bridgehead atoms. The van der Waals surface area contributed by atoms with Crippen molar-refractivity contribution in [3.63, 3.8) is 0 Å². The molecule has 0 spiro atoms. The maximum Gasteiger partial charge on any atom is 0.104 e. The first kappa shape index (κ1) is 16.7. The normalized spacial score (nSPS) is 16.4. The molecule has 0 amide bonds. The van der Waals surface area contributed by atoms with Crippen molar-refractivity contribution in [2.24, 2.45) is 5.92 Å². The van der Waals surface area contributed by atoms with Crippen molar-refractivity contribution >= 4 is 5.57 Å². The average Bonchev–Trinajstić information content (AvgIpc) is 3.31. The highest BCUT2D eigenvalue weighted by molar-refractivity contribution is 5.75. The van der Waals surface area contributed by atoms with Gasteiger partial charge in [0.1, 0.15) is 5.76 Å². The van der Waals surface area contributed by atoms with Crippen LogP contribution in [0.2, 0.25) is 0 Å². The van der Waals surface area contributed by atoms with Crippen LogP contribution in [0.4, 0.5) is 0 Å². The molecule has 1 nitrogen and oxygen atoms in total. The molecule has 1 aliphatic carbocycles. The topological polar surface area (TPSA) is 13.1 Å². The van der Waals surface area contributed by atoms with Crippen LogP contribution in [-0.4, -0.2) is 0 Å². The molecule has 0 radical (unpaired) electrons. The van der Waals surface area contributed by atoms with Crippen LogP contribution in [0, 0.1) is 12.8 Å². The minimum atomic E-state index is 0.397. The third kappa shape index (κ3) is 3.72. The Kier molecular flexibility index (Phi) is 4.88. The van der Waals surface area contributed by atoms with E-state index in [1.807, 2.05) is 6.07 Å². The van der Waals surface area contributed by atoms with Crippen LogP contribution in [0.15, 0.2) is 95.1 Å². The summed E-state index contributed by atoms with van der Waals surface area (Å²) in [5, 5.41) is 0. The second-order valence-electron chi connectivity index (χ2n) is 7.05. The van der Waals surface area contributed by atoms with Crippen molar-refractivity contribution in [3.05, 3.63) is 113 Å². The molecule has 130 valence electrons. The summed E-state index contributed by atoms with van der Waals surface area (Å²) in [4.78, 5) is 0. The number of allylic oxidation sites excluding steroid dienone is 4. The van der Waals surface area contributed by atoms with Crippen molar-refractivity contribution < 1.29 is 4.42 Å². The van der Waals surface area contributed by atoms with E-state index in [1.54, 1.807) is 6.26 Å². The Labute approximate surface area is 155 Å². The molecule has 3 aromatic rings. The predicted molar refractivity (Wildman–Crippen MR) is 108 cm³/mol. The summed E-state index contributed by atoms with van der Waals surface area (Å²) in [5.41, 5.74) is 6.96. The van der Waals surface area contributed by atoms with Crippen molar-refractivity contribution in [2.75, 3.05) is 0 Å². The molecule has 0 fully saturated rings. The van der Waals surface area contributed by atoms with Gasteiger partial charge in [0, 0.05) is 12.3 Å². The monoisotopic (exact) mass is 340 g/mol. The molecule has 1 heteroatoms. The van der Waals surface area contributed by atoms with Crippen molar-refractivity contribution in [3.8, 4) is 0 Å². The summed E-state index contributed by atoms with van der Waals surface area (Å²) >= 11 is 0. The fourth-order valence-electron chi connectivity index (χ4n) is 3.84. The lowest BCUT2D eigenvalue weighted by Gasteiger charge is -2.19. The number of hydrogen-bond donors (Lipinski definition) is 0. The Hall–Kier alpha value is -2.80. The second-order valence-corrected chi connectivity index (χ2v) is 7.05. The third-order valence-corrected chi connectivity index (χ3v) is 5.18. The predicted octanol–water partition coefficient (Wildman–Crippen LogP) is 6.40. The highest BCUT2D eigenvalue weighted by Crippen LogP contribution is 2.38. The fourth-order valence-corrected chi connectivity index (χ4v) is 3.84. The Bertz CT molecular complexity index is 914. The van der Waals surface area contributed by atoms with E-state index >= 15 is 0 Å². The van der Waals surface area contributed by atoms with Gasteiger partial charge in [-0.15, -0.1) is 0 Å². The maximum absolute atomic E-state index is 5.65. The van der Waals surface area contributed by atoms with E-state index in [2.05, 4.69) is 79.7 Å². The van der Waals surface area contributed by atoms with Crippen molar-refractivity contribution in [1.29, 1.82) is 0 Å². The average molecular weight is 340 g/mol. The summed E-state index contributed by atoms with van der Waals surface area (Å²) < 4.78 is 5.65. The van der Waals surface area contributed by atoms with Gasteiger partial charge in [0.2, 0.25) is 0 Å². The lowest BCUT2D eigenvalue weighted by molar-refractivity contribution is 0.492. The van der Waals surface area contributed by atoms with E-state index in [0.717, 1.165) is 25.0 Å². The van der Waals surface area contributed by atoms with Gasteiger partial charge in [0.15, 0.2) is 0 Å². The molecule has 0 aliphatic heterocycles. The summed E-state index contributed by atoms with van der Waals surface area (Å²) in [6.45, 7) is 2.16. The molecule has 1 atom stereocenters. The quantitative estimate of drug-likeness (QED) is 0.506. The number of benzene rings is 2. The van der Waals surface area contributed by atoms with E-state index in [9.17, 15) is 0 Å². The van der Waals surface area contributed by atoms with Crippen molar-refractivity contribution in [2.45, 2.75) is 26.2 Å². The Morgan fingerprint density at radius 3 is 2.50 bits per heavy atom. The fraction of sp³-hybridized carbons (Fsp3) is 0.200. The van der Waals surface area contributed by atoms with E-state index in [0.29, 0.717) is 5.92 Å². The molecule has 0 saturated heterocycles. The first-order chi connectivity index (χ1) is 12.8. The Balaban J connectivity index is 1.54. The summed E-state index contributed by atoms with van der Waals surface area (Å²) in [5.74, 6) is 1.45. The molecule has 4 rings (SSSR count). The standard InChI is InChI=1S/C25H24O/c1-19-7-5-8-20(17-19)12-13-22-14-15-24(21-9-3-2-4-10-21)25(22)18-23-11-6-16-26-23/h2-11,14-17,25H,12-13,18H2,1H3. The lowest BCUT2D eigenvalue weighted by Crippen LogP contribution is -2.08. The first-order valence-electron chi connectivity index (χ1n) is 9.33. The molecule has 0 saturated carbocycles. The van der Waals surface area contributed by atoms with Gasteiger partial charge in [-0.3, -0.25) is 0 Å².